The number of pyridine rings is 2. The first-order chi connectivity index (χ1) is 14.1. The summed E-state index contributed by atoms with van der Waals surface area (Å²) >= 11 is 0. The molecule has 0 fully saturated rings. The third kappa shape index (κ3) is 5.23. The molecule has 0 saturated heterocycles. The lowest BCUT2D eigenvalue weighted by Crippen LogP contribution is -2.23. The van der Waals surface area contributed by atoms with Gasteiger partial charge in [0.2, 0.25) is 0 Å². The summed E-state index contributed by atoms with van der Waals surface area (Å²) < 4.78 is 4.67. The van der Waals surface area contributed by atoms with Gasteiger partial charge >= 0.3 is 5.97 Å². The van der Waals surface area contributed by atoms with Crippen molar-refractivity contribution in [2.24, 2.45) is 0 Å². The largest absolute Gasteiger partial charge is 0.465 e. The van der Waals surface area contributed by atoms with E-state index in [1.54, 1.807) is 42.7 Å². The Morgan fingerprint density at radius 3 is 2.34 bits per heavy atom. The predicted octanol–water partition coefficient (Wildman–Crippen LogP) is 2.45. The van der Waals surface area contributed by atoms with Gasteiger partial charge in [0.15, 0.2) is 0 Å². The van der Waals surface area contributed by atoms with Crippen LogP contribution in [0.15, 0.2) is 67.3 Å². The van der Waals surface area contributed by atoms with Gasteiger partial charge in [-0.2, -0.15) is 0 Å². The Balaban J connectivity index is 1.67. The van der Waals surface area contributed by atoms with Crippen LogP contribution in [0.3, 0.4) is 0 Å². The van der Waals surface area contributed by atoms with E-state index >= 15 is 0 Å². The lowest BCUT2D eigenvalue weighted by atomic mass is 10.1. The zero-order valence-corrected chi connectivity index (χ0v) is 15.6. The second-order valence-corrected chi connectivity index (χ2v) is 6.03. The van der Waals surface area contributed by atoms with Crippen LogP contribution in [0.25, 0.3) is 0 Å². The highest BCUT2D eigenvalue weighted by molar-refractivity contribution is 6.06. The third-order valence-corrected chi connectivity index (χ3v) is 4.01. The van der Waals surface area contributed by atoms with Gasteiger partial charge in [-0.3, -0.25) is 19.6 Å². The van der Waals surface area contributed by atoms with Gasteiger partial charge in [0, 0.05) is 37.0 Å². The van der Waals surface area contributed by atoms with Crippen molar-refractivity contribution in [3.63, 3.8) is 0 Å². The summed E-state index contributed by atoms with van der Waals surface area (Å²) in [5, 5.41) is 5.44. The predicted molar refractivity (Wildman–Crippen MR) is 105 cm³/mol. The molecule has 0 bridgehead atoms. The molecule has 1 aromatic carbocycles. The number of anilines is 1. The smallest absolute Gasteiger partial charge is 0.337 e. The number of aromatic nitrogens is 2. The molecule has 0 spiro atoms. The second-order valence-electron chi connectivity index (χ2n) is 6.03. The molecule has 0 atom stereocenters. The van der Waals surface area contributed by atoms with E-state index in [-0.39, 0.29) is 17.0 Å². The third-order valence-electron chi connectivity index (χ3n) is 4.01. The minimum absolute atomic E-state index is 0.213. The monoisotopic (exact) mass is 390 g/mol. The minimum atomic E-state index is -0.504. The molecule has 2 N–H and O–H groups in total. The molecule has 8 heteroatoms. The molecular weight excluding hydrogens is 372 g/mol. The first-order valence-electron chi connectivity index (χ1n) is 8.68. The highest BCUT2D eigenvalue weighted by atomic mass is 16.5. The number of hydrogen-bond acceptors (Lipinski definition) is 6. The molecule has 8 nitrogen and oxygen atoms in total. The topological polar surface area (TPSA) is 110 Å². The molecule has 0 unspecified atom stereocenters. The highest BCUT2D eigenvalue weighted by Gasteiger charge is 2.13. The summed E-state index contributed by atoms with van der Waals surface area (Å²) in [6.07, 6.45) is 6.03. The van der Waals surface area contributed by atoms with Crippen molar-refractivity contribution in [2.75, 3.05) is 12.4 Å². The van der Waals surface area contributed by atoms with Gasteiger partial charge in [-0.05, 0) is 42.0 Å². The van der Waals surface area contributed by atoms with Crippen LogP contribution in [0.1, 0.15) is 36.6 Å². The normalized spacial score (nSPS) is 10.1. The van der Waals surface area contributed by atoms with Crippen molar-refractivity contribution >= 4 is 23.5 Å². The maximum Gasteiger partial charge on any atom is 0.337 e. The Morgan fingerprint density at radius 2 is 1.62 bits per heavy atom. The van der Waals surface area contributed by atoms with Crippen molar-refractivity contribution in [2.45, 2.75) is 6.54 Å². The van der Waals surface area contributed by atoms with Crippen molar-refractivity contribution in [1.29, 1.82) is 0 Å². The van der Waals surface area contributed by atoms with Gasteiger partial charge in [0.05, 0.1) is 23.8 Å². The van der Waals surface area contributed by atoms with Crippen LogP contribution >= 0.6 is 0 Å². The lowest BCUT2D eigenvalue weighted by molar-refractivity contribution is 0.0600. The van der Waals surface area contributed by atoms with Crippen LogP contribution in [0.5, 0.6) is 0 Å². The van der Waals surface area contributed by atoms with E-state index in [0.29, 0.717) is 17.8 Å². The van der Waals surface area contributed by atoms with Crippen LogP contribution in [0, 0.1) is 0 Å². The molecule has 2 aromatic heterocycles. The molecule has 2 amide bonds. The molecule has 0 aliphatic heterocycles. The van der Waals surface area contributed by atoms with E-state index in [1.165, 1.54) is 31.6 Å². The van der Waals surface area contributed by atoms with Crippen LogP contribution in [0.2, 0.25) is 0 Å². The number of hydrogen-bond donors (Lipinski definition) is 2. The van der Waals surface area contributed by atoms with Crippen molar-refractivity contribution in [1.82, 2.24) is 15.3 Å². The Bertz CT molecular complexity index is 1040. The molecule has 2 heterocycles. The fraction of sp³-hybridized carbons (Fsp3) is 0.0952. The van der Waals surface area contributed by atoms with E-state index in [0.717, 1.165) is 5.56 Å². The fourth-order valence-electron chi connectivity index (χ4n) is 2.52. The quantitative estimate of drug-likeness (QED) is 0.626. The zero-order valence-electron chi connectivity index (χ0n) is 15.6. The van der Waals surface area contributed by atoms with Gasteiger partial charge in [0.25, 0.3) is 11.8 Å². The molecule has 0 aliphatic carbocycles. The van der Waals surface area contributed by atoms with Crippen molar-refractivity contribution < 1.29 is 19.1 Å². The number of esters is 1. The van der Waals surface area contributed by atoms with E-state index in [4.69, 9.17) is 0 Å². The van der Waals surface area contributed by atoms with Crippen LogP contribution in [0.4, 0.5) is 5.69 Å². The fourth-order valence-corrected chi connectivity index (χ4v) is 2.52. The van der Waals surface area contributed by atoms with Crippen molar-refractivity contribution in [3.8, 4) is 0 Å². The summed E-state index contributed by atoms with van der Waals surface area (Å²) in [5.74, 6) is -1.31. The van der Waals surface area contributed by atoms with E-state index in [9.17, 15) is 14.4 Å². The summed E-state index contributed by atoms with van der Waals surface area (Å²) in [7, 11) is 1.28. The average molecular weight is 390 g/mol. The van der Waals surface area contributed by atoms with Crippen LogP contribution in [-0.4, -0.2) is 34.9 Å². The Kier molecular flexibility index (Phi) is 6.26. The number of benzene rings is 1. The standard InChI is InChI=1S/C21H18N4O4/c1-29-21(28)15-3-2-4-18(10-15)25-20(27)17-9-16(12-23-13-17)19(26)24-11-14-5-7-22-8-6-14/h2-10,12-13H,11H2,1H3,(H,24,26)(H,25,27). The van der Waals surface area contributed by atoms with E-state index in [2.05, 4.69) is 25.3 Å². The Morgan fingerprint density at radius 1 is 0.897 bits per heavy atom. The molecule has 3 aromatic rings. The molecule has 0 radical (unpaired) electrons. The van der Waals surface area contributed by atoms with Gasteiger partial charge in [-0.15, -0.1) is 0 Å². The van der Waals surface area contributed by atoms with Crippen molar-refractivity contribution in [3.05, 3.63) is 89.5 Å². The van der Waals surface area contributed by atoms with Gasteiger partial charge in [-0.25, -0.2) is 4.79 Å². The first kappa shape index (κ1) is 19.7. The summed E-state index contributed by atoms with van der Waals surface area (Å²) in [5.41, 5.74) is 2.11. The zero-order chi connectivity index (χ0) is 20.6. The number of amides is 2. The molecule has 0 aliphatic rings. The molecule has 29 heavy (non-hydrogen) atoms. The SMILES string of the molecule is COC(=O)c1cccc(NC(=O)c2cncc(C(=O)NCc3ccncc3)c2)c1. The number of methoxy groups -OCH3 is 1. The molecule has 146 valence electrons. The molecule has 3 rings (SSSR count). The molecule has 0 saturated carbocycles. The Hall–Kier alpha value is -4.07. The average Bonchev–Trinajstić information content (AvgIpc) is 2.77. The van der Waals surface area contributed by atoms with Gasteiger partial charge < -0.3 is 15.4 Å². The summed E-state index contributed by atoms with van der Waals surface area (Å²) in [6.45, 7) is 0.331. The van der Waals surface area contributed by atoms with Crippen LogP contribution in [-0.2, 0) is 11.3 Å². The number of nitrogens with one attached hydrogen (secondary N) is 2. The van der Waals surface area contributed by atoms with Gasteiger partial charge in [0.1, 0.15) is 0 Å². The lowest BCUT2D eigenvalue weighted by Gasteiger charge is -2.08. The minimum Gasteiger partial charge on any atom is -0.465 e. The van der Waals surface area contributed by atoms with Gasteiger partial charge in [-0.1, -0.05) is 6.07 Å². The van der Waals surface area contributed by atoms with E-state index < -0.39 is 11.9 Å². The van der Waals surface area contributed by atoms with E-state index in [1.807, 2.05) is 0 Å². The maximum atomic E-state index is 12.5. The van der Waals surface area contributed by atoms with Crippen LogP contribution < -0.4 is 10.6 Å². The number of carbonyl (C=O) groups is 3. The number of nitrogens with zero attached hydrogens (tertiary/aromatic N) is 2. The summed E-state index contributed by atoms with van der Waals surface area (Å²) in [4.78, 5) is 44.4. The number of ether oxygens (including phenoxy) is 1. The number of rotatable bonds is 6. The second kappa shape index (κ2) is 9.23. The summed E-state index contributed by atoms with van der Waals surface area (Å²) in [6, 6.07) is 11.4. The highest BCUT2D eigenvalue weighted by Crippen LogP contribution is 2.13. The molecular formula is C21H18N4O4. The number of carbonyl (C=O) groups excluding carboxylic acids is 3. The Labute approximate surface area is 167 Å². The first-order valence-corrected chi connectivity index (χ1v) is 8.68. The maximum absolute atomic E-state index is 12.5.